The molecule has 1 aromatic heterocycles. The van der Waals surface area contributed by atoms with Gasteiger partial charge in [-0.2, -0.15) is 0 Å². The molecule has 0 N–H and O–H groups in total. The van der Waals surface area contributed by atoms with Crippen LogP contribution in [0.2, 0.25) is 0 Å². The lowest BCUT2D eigenvalue weighted by atomic mass is 10.1. The fourth-order valence-corrected chi connectivity index (χ4v) is 4.00. The van der Waals surface area contributed by atoms with Gasteiger partial charge in [-0.25, -0.2) is 4.98 Å². The number of benzene rings is 2. The summed E-state index contributed by atoms with van der Waals surface area (Å²) in [5, 5.41) is 0.586. The minimum Gasteiger partial charge on any atom is -0.378 e. The molecule has 0 aliphatic carbocycles. The number of rotatable bonds is 6. The van der Waals surface area contributed by atoms with Crippen molar-refractivity contribution >= 4 is 22.5 Å². The summed E-state index contributed by atoms with van der Waals surface area (Å²) < 4.78 is 6.98. The minimum atomic E-state index is -0.109. The Balaban J connectivity index is 1.43. The van der Waals surface area contributed by atoms with E-state index < -0.39 is 0 Å². The summed E-state index contributed by atoms with van der Waals surface area (Å²) in [6, 6.07) is 13.8. The van der Waals surface area contributed by atoms with Crippen molar-refractivity contribution in [3.05, 3.63) is 70.3 Å². The standard InChI is InChI=1S/C24H28N4O3/c1-18-6-5-8-20-23(18)25-17-28(24(20)30)11-10-22(29)26(2)16-19-7-3-4-9-21(19)27-12-14-31-15-13-27/h3-9,17H,10-16H2,1-2H3. The molecule has 1 amide bonds. The minimum absolute atomic E-state index is 0.00646. The van der Waals surface area contributed by atoms with Crippen LogP contribution < -0.4 is 10.5 Å². The van der Waals surface area contributed by atoms with Crippen molar-refractivity contribution in [2.45, 2.75) is 26.4 Å². The highest BCUT2D eigenvalue weighted by molar-refractivity contribution is 5.80. The Hall–Kier alpha value is -3.19. The first-order valence-electron chi connectivity index (χ1n) is 10.6. The summed E-state index contributed by atoms with van der Waals surface area (Å²) in [7, 11) is 1.81. The third kappa shape index (κ3) is 4.61. The molecule has 0 saturated carbocycles. The monoisotopic (exact) mass is 420 g/mol. The van der Waals surface area contributed by atoms with Crippen LogP contribution in [0.4, 0.5) is 5.69 Å². The maximum Gasteiger partial charge on any atom is 0.261 e. The number of hydrogen-bond donors (Lipinski definition) is 0. The van der Waals surface area contributed by atoms with Crippen LogP contribution in [0.5, 0.6) is 0 Å². The molecule has 2 aromatic carbocycles. The van der Waals surface area contributed by atoms with Crippen LogP contribution >= 0.6 is 0 Å². The molecule has 7 heteroatoms. The van der Waals surface area contributed by atoms with Gasteiger partial charge in [0.25, 0.3) is 5.56 Å². The van der Waals surface area contributed by atoms with Gasteiger partial charge in [-0.15, -0.1) is 0 Å². The number of carbonyl (C=O) groups excluding carboxylic acids is 1. The molecule has 0 bridgehead atoms. The number of anilines is 1. The quantitative estimate of drug-likeness (QED) is 0.613. The first-order valence-corrected chi connectivity index (χ1v) is 10.6. The molecule has 7 nitrogen and oxygen atoms in total. The normalized spacial score (nSPS) is 14.1. The van der Waals surface area contributed by atoms with Crippen molar-refractivity contribution in [3.8, 4) is 0 Å². The third-order valence-electron chi connectivity index (χ3n) is 5.80. The summed E-state index contributed by atoms with van der Waals surface area (Å²) in [4.78, 5) is 34.0. The van der Waals surface area contributed by atoms with E-state index in [-0.39, 0.29) is 17.9 Å². The van der Waals surface area contributed by atoms with Gasteiger partial charge in [0.05, 0.1) is 30.4 Å². The summed E-state index contributed by atoms with van der Waals surface area (Å²) in [5.41, 5.74) is 3.83. The van der Waals surface area contributed by atoms with Gasteiger partial charge in [-0.1, -0.05) is 30.3 Å². The molecule has 1 fully saturated rings. The molecule has 0 radical (unpaired) electrons. The lowest BCUT2D eigenvalue weighted by molar-refractivity contribution is -0.130. The van der Waals surface area contributed by atoms with E-state index in [2.05, 4.69) is 22.0 Å². The van der Waals surface area contributed by atoms with Crippen LogP contribution in [0.15, 0.2) is 53.6 Å². The summed E-state index contributed by atoms with van der Waals surface area (Å²) in [6.07, 6.45) is 1.79. The lowest BCUT2D eigenvalue weighted by Crippen LogP contribution is -2.37. The molecule has 4 rings (SSSR count). The Morgan fingerprint density at radius 3 is 2.71 bits per heavy atom. The second-order valence-corrected chi connectivity index (χ2v) is 7.94. The maximum absolute atomic E-state index is 12.8. The molecule has 1 saturated heterocycles. The number of morpholine rings is 1. The Morgan fingerprint density at radius 1 is 1.13 bits per heavy atom. The van der Waals surface area contributed by atoms with Crippen molar-refractivity contribution in [3.63, 3.8) is 0 Å². The number of amides is 1. The number of aryl methyl sites for hydroxylation is 2. The highest BCUT2D eigenvalue weighted by Gasteiger charge is 2.17. The van der Waals surface area contributed by atoms with Gasteiger partial charge in [0, 0.05) is 45.3 Å². The molecular formula is C24H28N4O3. The van der Waals surface area contributed by atoms with E-state index >= 15 is 0 Å². The average molecular weight is 421 g/mol. The Bertz CT molecular complexity index is 1140. The highest BCUT2D eigenvalue weighted by atomic mass is 16.5. The third-order valence-corrected chi connectivity index (χ3v) is 5.80. The van der Waals surface area contributed by atoms with Crippen molar-refractivity contribution in [1.29, 1.82) is 0 Å². The molecule has 0 unspecified atom stereocenters. The van der Waals surface area contributed by atoms with Gasteiger partial charge in [0.1, 0.15) is 0 Å². The van der Waals surface area contributed by atoms with E-state index in [0.29, 0.717) is 24.0 Å². The van der Waals surface area contributed by atoms with E-state index in [9.17, 15) is 9.59 Å². The molecule has 3 aromatic rings. The van der Waals surface area contributed by atoms with Gasteiger partial charge in [0.2, 0.25) is 5.91 Å². The number of nitrogens with zero attached hydrogens (tertiary/aromatic N) is 4. The second-order valence-electron chi connectivity index (χ2n) is 7.94. The molecule has 162 valence electrons. The number of aromatic nitrogens is 2. The molecular weight excluding hydrogens is 392 g/mol. The van der Waals surface area contributed by atoms with Gasteiger partial charge in [0.15, 0.2) is 0 Å². The predicted octanol–water partition coefficient (Wildman–Crippen LogP) is 2.59. The number of hydrogen-bond acceptors (Lipinski definition) is 5. The van der Waals surface area contributed by atoms with E-state index in [4.69, 9.17) is 4.74 Å². The average Bonchev–Trinajstić information content (AvgIpc) is 2.80. The van der Waals surface area contributed by atoms with Gasteiger partial charge in [-0.3, -0.25) is 14.2 Å². The van der Waals surface area contributed by atoms with Crippen molar-refractivity contribution in [2.24, 2.45) is 0 Å². The van der Waals surface area contributed by atoms with Crippen LogP contribution in [0, 0.1) is 6.92 Å². The zero-order valence-corrected chi connectivity index (χ0v) is 18.1. The van der Waals surface area contributed by atoms with Crippen LogP contribution in [-0.4, -0.2) is 53.7 Å². The Labute approximate surface area is 181 Å². The smallest absolute Gasteiger partial charge is 0.261 e. The lowest BCUT2D eigenvalue weighted by Gasteiger charge is -2.31. The first-order chi connectivity index (χ1) is 15.0. The first kappa shape index (κ1) is 21.1. The summed E-state index contributed by atoms with van der Waals surface area (Å²) in [5.74, 6) is -0.00646. The molecule has 0 atom stereocenters. The zero-order valence-electron chi connectivity index (χ0n) is 18.1. The number of carbonyl (C=O) groups is 1. The second kappa shape index (κ2) is 9.31. The van der Waals surface area contributed by atoms with E-state index in [0.717, 1.165) is 43.1 Å². The topological polar surface area (TPSA) is 67.7 Å². The largest absolute Gasteiger partial charge is 0.378 e. The van der Waals surface area contributed by atoms with Crippen molar-refractivity contribution in [1.82, 2.24) is 14.5 Å². The van der Waals surface area contributed by atoms with E-state index in [1.807, 2.05) is 38.2 Å². The number of ether oxygens (including phenoxy) is 1. The molecule has 1 aliphatic heterocycles. The molecule has 31 heavy (non-hydrogen) atoms. The van der Waals surface area contributed by atoms with Gasteiger partial charge >= 0.3 is 0 Å². The summed E-state index contributed by atoms with van der Waals surface area (Å²) in [6.45, 7) is 5.92. The highest BCUT2D eigenvalue weighted by Crippen LogP contribution is 2.23. The molecule has 0 spiro atoms. The molecule has 1 aliphatic rings. The van der Waals surface area contributed by atoms with Crippen molar-refractivity contribution in [2.75, 3.05) is 38.3 Å². The maximum atomic E-state index is 12.8. The van der Waals surface area contributed by atoms with Gasteiger partial charge in [-0.05, 0) is 30.2 Å². The predicted molar refractivity (Wildman–Crippen MR) is 121 cm³/mol. The van der Waals surface area contributed by atoms with Gasteiger partial charge < -0.3 is 14.5 Å². The van der Waals surface area contributed by atoms with Crippen LogP contribution in [0.25, 0.3) is 10.9 Å². The van der Waals surface area contributed by atoms with Crippen molar-refractivity contribution < 1.29 is 9.53 Å². The SMILES string of the molecule is Cc1cccc2c(=O)n(CCC(=O)N(C)Cc3ccccc3N3CCOCC3)cnc12. The number of para-hydroxylation sites is 2. The van der Waals surface area contributed by atoms with Crippen LogP contribution in [-0.2, 0) is 22.6 Å². The molecule has 2 heterocycles. The van der Waals surface area contributed by atoms with E-state index in [1.54, 1.807) is 17.3 Å². The van der Waals surface area contributed by atoms with Crippen LogP contribution in [0.3, 0.4) is 0 Å². The fourth-order valence-electron chi connectivity index (χ4n) is 4.00. The van der Waals surface area contributed by atoms with Crippen LogP contribution in [0.1, 0.15) is 17.5 Å². The Kier molecular flexibility index (Phi) is 6.32. The number of fused-ring (bicyclic) bond motifs is 1. The zero-order chi connectivity index (χ0) is 21.8. The fraction of sp³-hybridized carbons (Fsp3) is 0.375. The summed E-state index contributed by atoms with van der Waals surface area (Å²) >= 11 is 0. The Morgan fingerprint density at radius 2 is 1.90 bits per heavy atom. The van der Waals surface area contributed by atoms with E-state index in [1.165, 1.54) is 4.57 Å².